The molecule has 0 unspecified atom stereocenters. The molecule has 1 N–H and O–H groups in total. The first-order chi connectivity index (χ1) is 11.5. The Kier molecular flexibility index (Phi) is 5.99. The number of ether oxygens (including phenoxy) is 1. The molecule has 128 valence electrons. The molecule has 2 rings (SSSR count). The van der Waals surface area contributed by atoms with Gasteiger partial charge in [-0.25, -0.2) is 0 Å². The Morgan fingerprint density at radius 1 is 1.12 bits per heavy atom. The lowest BCUT2D eigenvalue weighted by atomic mass is 10.0. The van der Waals surface area contributed by atoms with Gasteiger partial charge in [0.1, 0.15) is 12.4 Å². The largest absolute Gasteiger partial charge is 0.489 e. The zero-order valence-corrected chi connectivity index (χ0v) is 14.8. The van der Waals surface area contributed by atoms with Gasteiger partial charge in [0, 0.05) is 12.5 Å². The number of aryl methyl sites for hydroxylation is 3. The van der Waals surface area contributed by atoms with Crippen molar-refractivity contribution < 1.29 is 14.7 Å². The summed E-state index contributed by atoms with van der Waals surface area (Å²) >= 11 is 0. The van der Waals surface area contributed by atoms with Crippen molar-refractivity contribution in [1.29, 1.82) is 0 Å². The topological polar surface area (TPSA) is 49.8 Å². The lowest BCUT2D eigenvalue weighted by Crippen LogP contribution is -2.26. The first-order valence-electron chi connectivity index (χ1n) is 8.30. The average molecular weight is 327 g/mol. The van der Waals surface area contributed by atoms with Gasteiger partial charge in [0.2, 0.25) is 5.91 Å². The second kappa shape index (κ2) is 7.97. The molecule has 0 aliphatic carbocycles. The highest BCUT2D eigenvalue weighted by atomic mass is 16.5. The van der Waals surface area contributed by atoms with E-state index in [1.807, 2.05) is 38.1 Å². The van der Waals surface area contributed by atoms with Gasteiger partial charge in [-0.15, -0.1) is 0 Å². The summed E-state index contributed by atoms with van der Waals surface area (Å²) in [7, 11) is 0. The number of rotatable bonds is 6. The molecule has 0 aliphatic heterocycles. The van der Waals surface area contributed by atoms with E-state index in [-0.39, 0.29) is 0 Å². The van der Waals surface area contributed by atoms with Crippen LogP contribution in [-0.2, 0) is 24.2 Å². The number of hydrogen-bond donors (Lipinski definition) is 1. The van der Waals surface area contributed by atoms with Crippen molar-refractivity contribution in [1.82, 2.24) is 0 Å². The van der Waals surface area contributed by atoms with Crippen molar-refractivity contribution in [2.24, 2.45) is 0 Å². The van der Waals surface area contributed by atoms with Crippen LogP contribution in [0.25, 0.3) is 0 Å². The van der Waals surface area contributed by atoms with E-state index in [4.69, 9.17) is 4.74 Å². The second-order valence-corrected chi connectivity index (χ2v) is 5.85. The molecule has 0 aliphatic rings. The second-order valence-electron chi connectivity index (χ2n) is 5.85. The van der Waals surface area contributed by atoms with E-state index in [0.29, 0.717) is 17.4 Å². The minimum Gasteiger partial charge on any atom is -0.489 e. The first-order valence-corrected chi connectivity index (χ1v) is 8.30. The summed E-state index contributed by atoms with van der Waals surface area (Å²) in [5.41, 5.74) is 4.56. The Bertz CT molecular complexity index is 725. The fourth-order valence-corrected chi connectivity index (χ4v) is 2.72. The zero-order chi connectivity index (χ0) is 17.7. The van der Waals surface area contributed by atoms with Crippen LogP contribution in [0.1, 0.15) is 43.0 Å². The van der Waals surface area contributed by atoms with E-state index in [1.165, 1.54) is 12.5 Å². The van der Waals surface area contributed by atoms with E-state index >= 15 is 0 Å². The third-order valence-electron chi connectivity index (χ3n) is 4.12. The Morgan fingerprint density at radius 2 is 1.83 bits per heavy atom. The van der Waals surface area contributed by atoms with Gasteiger partial charge in [-0.1, -0.05) is 44.2 Å². The molecule has 2 aromatic carbocycles. The summed E-state index contributed by atoms with van der Waals surface area (Å²) in [6.07, 6.45) is 1.71. The fraction of sp³-hybridized carbons (Fsp3) is 0.350. The maximum absolute atomic E-state index is 11.6. The minimum absolute atomic E-state index is 0.291. The molecule has 0 fully saturated rings. The molecule has 0 bridgehead atoms. The number of anilines is 1. The van der Waals surface area contributed by atoms with Crippen LogP contribution in [0.3, 0.4) is 0 Å². The van der Waals surface area contributed by atoms with E-state index in [2.05, 4.69) is 19.1 Å². The number of carbonyl (C=O) groups excluding carboxylic acids is 1. The molecule has 1 amide bonds. The normalized spacial score (nSPS) is 10.5. The molecule has 0 aromatic heterocycles. The Morgan fingerprint density at radius 3 is 2.42 bits per heavy atom. The highest BCUT2D eigenvalue weighted by Crippen LogP contribution is 2.28. The van der Waals surface area contributed by atoms with Crippen molar-refractivity contribution in [3.8, 4) is 5.75 Å². The van der Waals surface area contributed by atoms with E-state index in [0.717, 1.165) is 35.3 Å². The number of hydrogen-bond acceptors (Lipinski definition) is 3. The molecule has 2 aromatic rings. The molecule has 24 heavy (non-hydrogen) atoms. The standard InChI is InChI=1S/C20H25NO3/c1-5-16-10-11-19(14(3)12-16)24-13-18-9-7-8-17(6-2)20(18)21(23)15(4)22/h7-12,23H,5-6,13H2,1-4H3. The summed E-state index contributed by atoms with van der Waals surface area (Å²) in [4.78, 5) is 11.6. The van der Waals surface area contributed by atoms with Gasteiger partial charge >= 0.3 is 0 Å². The SMILES string of the molecule is CCc1ccc(OCc2cccc(CC)c2N(O)C(C)=O)c(C)c1. The van der Waals surface area contributed by atoms with Crippen LogP contribution in [0, 0.1) is 6.92 Å². The predicted octanol–water partition coefficient (Wildman–Crippen LogP) is 4.44. The maximum Gasteiger partial charge on any atom is 0.247 e. The molecule has 0 atom stereocenters. The molecule has 4 nitrogen and oxygen atoms in total. The van der Waals surface area contributed by atoms with Crippen molar-refractivity contribution in [3.05, 3.63) is 58.7 Å². The number of benzene rings is 2. The van der Waals surface area contributed by atoms with Gasteiger partial charge in [-0.3, -0.25) is 10.0 Å². The molecule has 4 heteroatoms. The molecular weight excluding hydrogens is 302 g/mol. The third-order valence-corrected chi connectivity index (χ3v) is 4.12. The molecular formula is C20H25NO3. The van der Waals surface area contributed by atoms with Crippen LogP contribution in [0.4, 0.5) is 5.69 Å². The van der Waals surface area contributed by atoms with E-state index in [1.54, 1.807) is 0 Å². The monoisotopic (exact) mass is 327 g/mol. The molecule has 0 radical (unpaired) electrons. The third kappa shape index (κ3) is 3.95. The Balaban J connectivity index is 2.28. The van der Waals surface area contributed by atoms with Gasteiger partial charge in [-0.2, -0.15) is 5.06 Å². The van der Waals surface area contributed by atoms with Crippen LogP contribution in [0.5, 0.6) is 5.75 Å². The quantitative estimate of drug-likeness (QED) is 0.630. The van der Waals surface area contributed by atoms with Gasteiger partial charge < -0.3 is 4.74 Å². The van der Waals surface area contributed by atoms with Gasteiger partial charge in [0.05, 0.1) is 5.69 Å². The van der Waals surface area contributed by atoms with Crippen molar-refractivity contribution in [3.63, 3.8) is 0 Å². The highest BCUT2D eigenvalue weighted by molar-refractivity contribution is 5.90. The summed E-state index contributed by atoms with van der Waals surface area (Å²) < 4.78 is 5.94. The van der Waals surface area contributed by atoms with Crippen molar-refractivity contribution >= 4 is 11.6 Å². The summed E-state index contributed by atoms with van der Waals surface area (Å²) in [6, 6.07) is 11.8. The van der Waals surface area contributed by atoms with Crippen LogP contribution in [0.2, 0.25) is 0 Å². The van der Waals surface area contributed by atoms with Crippen molar-refractivity contribution in [2.75, 3.05) is 5.06 Å². The highest BCUT2D eigenvalue weighted by Gasteiger charge is 2.17. The zero-order valence-electron chi connectivity index (χ0n) is 14.8. The van der Waals surface area contributed by atoms with E-state index in [9.17, 15) is 10.0 Å². The summed E-state index contributed by atoms with van der Waals surface area (Å²) in [6.45, 7) is 7.76. The lowest BCUT2D eigenvalue weighted by Gasteiger charge is -2.21. The number of hydroxylamine groups is 1. The van der Waals surface area contributed by atoms with Crippen molar-refractivity contribution in [2.45, 2.75) is 47.1 Å². The summed E-state index contributed by atoms with van der Waals surface area (Å²) in [5.74, 6) is 0.396. The fourth-order valence-electron chi connectivity index (χ4n) is 2.72. The Labute approximate surface area is 143 Å². The number of nitrogens with zero attached hydrogens (tertiary/aromatic N) is 1. The lowest BCUT2D eigenvalue weighted by molar-refractivity contribution is -0.121. The number of carbonyl (C=O) groups is 1. The predicted molar refractivity (Wildman–Crippen MR) is 95.7 cm³/mol. The van der Waals surface area contributed by atoms with Gasteiger partial charge in [0.15, 0.2) is 0 Å². The maximum atomic E-state index is 11.6. The van der Waals surface area contributed by atoms with Gasteiger partial charge in [0.25, 0.3) is 0 Å². The minimum atomic E-state index is -0.416. The smallest absolute Gasteiger partial charge is 0.247 e. The van der Waals surface area contributed by atoms with Crippen LogP contribution < -0.4 is 9.80 Å². The summed E-state index contributed by atoms with van der Waals surface area (Å²) in [5, 5.41) is 10.9. The molecule has 0 heterocycles. The van der Waals surface area contributed by atoms with E-state index < -0.39 is 5.91 Å². The number of para-hydroxylation sites is 1. The average Bonchev–Trinajstić information content (AvgIpc) is 2.59. The first kappa shape index (κ1) is 18.0. The molecule has 0 saturated carbocycles. The molecule has 0 spiro atoms. The molecule has 0 saturated heterocycles. The Hall–Kier alpha value is -2.33. The van der Waals surface area contributed by atoms with Crippen LogP contribution in [-0.4, -0.2) is 11.1 Å². The van der Waals surface area contributed by atoms with Crippen LogP contribution >= 0.6 is 0 Å². The van der Waals surface area contributed by atoms with Gasteiger partial charge in [-0.05, 0) is 42.5 Å². The van der Waals surface area contributed by atoms with Crippen LogP contribution in [0.15, 0.2) is 36.4 Å². The number of amides is 1.